The molecule has 3 aromatic carbocycles. The number of fused-ring (bicyclic) bond motifs is 1. The molecule has 15 heteroatoms. The van der Waals surface area contributed by atoms with E-state index in [9.17, 15) is 22.3 Å². The number of para-hydroxylation sites is 1. The first-order valence-corrected chi connectivity index (χ1v) is 20.6. The molecule has 300 valence electrons. The summed E-state index contributed by atoms with van der Waals surface area (Å²) in [7, 11) is 1.65. The van der Waals surface area contributed by atoms with Crippen LogP contribution in [0.2, 0.25) is 0 Å². The third-order valence-electron chi connectivity index (χ3n) is 11.1. The molecule has 0 saturated carbocycles. The van der Waals surface area contributed by atoms with Crippen LogP contribution in [0.25, 0.3) is 28.3 Å². The largest absolute Gasteiger partial charge is 0.772 e. The highest BCUT2D eigenvalue weighted by Gasteiger charge is 2.29. The van der Waals surface area contributed by atoms with Gasteiger partial charge < -0.3 is 29.7 Å². The Balaban J connectivity index is 0.981. The molecule has 0 radical (unpaired) electrons. The minimum atomic E-state index is -1.99. The fourth-order valence-electron chi connectivity index (χ4n) is 8.10. The number of imidazole rings is 1. The number of anilines is 3. The van der Waals surface area contributed by atoms with Crippen LogP contribution in [0.15, 0.2) is 97.3 Å². The van der Waals surface area contributed by atoms with Crippen LogP contribution in [0.4, 0.5) is 26.1 Å². The number of rotatable bonds is 12. The van der Waals surface area contributed by atoms with Gasteiger partial charge in [-0.2, -0.15) is 0 Å². The smallest absolute Gasteiger partial charge is 0.255 e. The van der Waals surface area contributed by atoms with Crippen molar-refractivity contribution in [2.75, 3.05) is 56.2 Å². The lowest BCUT2D eigenvalue weighted by Crippen LogP contribution is -2.48. The monoisotopic (exact) mass is 805 g/mol. The molecule has 1 amide bonds. The number of pyridine rings is 1. The number of piperidine rings is 2. The summed E-state index contributed by atoms with van der Waals surface area (Å²) in [4.78, 5) is 32.4. The Morgan fingerprint density at radius 2 is 1.69 bits per heavy atom. The van der Waals surface area contributed by atoms with Crippen molar-refractivity contribution < 1.29 is 27.1 Å². The second-order valence-electron chi connectivity index (χ2n) is 14.6. The maximum atomic E-state index is 14.3. The normalized spacial score (nSPS) is 16.3. The van der Waals surface area contributed by atoms with Gasteiger partial charge in [0, 0.05) is 41.9 Å². The van der Waals surface area contributed by atoms with Gasteiger partial charge in [0.2, 0.25) is 5.95 Å². The lowest BCUT2D eigenvalue weighted by molar-refractivity contribution is 0.0896. The Kier molecular flexibility index (Phi) is 11.8. The van der Waals surface area contributed by atoms with Crippen molar-refractivity contribution in [3.05, 3.63) is 120 Å². The summed E-state index contributed by atoms with van der Waals surface area (Å²) in [5, 5.41) is 5.71. The number of carbonyl (C=O) groups excluding carboxylic acids is 1. The van der Waals surface area contributed by atoms with E-state index in [1.54, 1.807) is 37.6 Å². The predicted octanol–water partition coefficient (Wildman–Crippen LogP) is 7.26. The fraction of sp³-hybridized carbons (Fsp3) is 0.302. The first-order valence-electron chi connectivity index (χ1n) is 19.4. The van der Waals surface area contributed by atoms with Crippen molar-refractivity contribution in [3.63, 3.8) is 0 Å². The SMILES string of the molecule is COc1cc(C2CCN(C3CCN(CCS(=O)[O-])CC3)CC2)ccc1Nc1nccc(-c2c(-c3cccc(C(=O)Nc4c(F)cccc4F)c3)nc3ccccn23)n1. The number of benzene rings is 3. The highest BCUT2D eigenvalue weighted by atomic mass is 32.2. The molecule has 6 aromatic rings. The molecule has 2 aliphatic heterocycles. The van der Waals surface area contributed by atoms with Crippen LogP contribution in [-0.4, -0.2) is 95.4 Å². The summed E-state index contributed by atoms with van der Waals surface area (Å²) in [6.45, 7) is 4.55. The van der Waals surface area contributed by atoms with Gasteiger partial charge in [-0.1, -0.05) is 41.4 Å². The Morgan fingerprint density at radius 3 is 2.45 bits per heavy atom. The molecular weight excluding hydrogens is 763 g/mol. The lowest BCUT2D eigenvalue weighted by Gasteiger charge is -2.42. The van der Waals surface area contributed by atoms with E-state index in [1.165, 1.54) is 11.6 Å². The van der Waals surface area contributed by atoms with E-state index in [0.29, 0.717) is 58.5 Å². The number of hydrogen-bond donors (Lipinski definition) is 2. The average Bonchev–Trinajstić information content (AvgIpc) is 3.65. The van der Waals surface area contributed by atoms with Crippen LogP contribution in [0.3, 0.4) is 0 Å². The number of likely N-dealkylation sites (tertiary alicyclic amines) is 2. The molecule has 12 nitrogen and oxygen atoms in total. The zero-order valence-corrected chi connectivity index (χ0v) is 32.8. The molecule has 2 aliphatic rings. The number of hydrogen-bond acceptors (Lipinski definition) is 10. The molecule has 58 heavy (non-hydrogen) atoms. The number of ether oxygens (including phenoxy) is 1. The van der Waals surface area contributed by atoms with Crippen LogP contribution >= 0.6 is 0 Å². The van der Waals surface area contributed by atoms with Crippen molar-refractivity contribution in [1.29, 1.82) is 0 Å². The van der Waals surface area contributed by atoms with Crippen LogP contribution in [0, 0.1) is 11.6 Å². The van der Waals surface area contributed by atoms with Gasteiger partial charge in [0.15, 0.2) is 0 Å². The van der Waals surface area contributed by atoms with E-state index in [4.69, 9.17) is 14.7 Å². The Labute approximate surface area is 337 Å². The molecule has 0 spiro atoms. The van der Waals surface area contributed by atoms with E-state index in [-0.39, 0.29) is 11.3 Å². The summed E-state index contributed by atoms with van der Waals surface area (Å²) < 4.78 is 58.4. The van der Waals surface area contributed by atoms with Crippen LogP contribution < -0.4 is 15.4 Å². The van der Waals surface area contributed by atoms with Gasteiger partial charge in [-0.15, -0.1) is 0 Å². The van der Waals surface area contributed by atoms with Crippen molar-refractivity contribution in [2.45, 2.75) is 37.6 Å². The molecular formula is C43H43F2N8O4S-. The molecule has 0 aliphatic carbocycles. The molecule has 1 unspecified atom stereocenters. The predicted molar refractivity (Wildman–Crippen MR) is 219 cm³/mol. The number of halogens is 2. The van der Waals surface area contributed by atoms with Gasteiger partial charge >= 0.3 is 0 Å². The number of nitrogens with zero attached hydrogens (tertiary/aromatic N) is 6. The van der Waals surface area contributed by atoms with Crippen molar-refractivity contribution in [2.24, 2.45) is 0 Å². The fourth-order valence-corrected chi connectivity index (χ4v) is 8.51. The first-order chi connectivity index (χ1) is 28.2. The van der Waals surface area contributed by atoms with Gasteiger partial charge in [0.1, 0.15) is 28.7 Å². The molecule has 5 heterocycles. The van der Waals surface area contributed by atoms with E-state index >= 15 is 0 Å². The molecule has 1 atom stereocenters. The average molecular weight is 806 g/mol. The molecule has 8 rings (SSSR count). The van der Waals surface area contributed by atoms with E-state index in [1.807, 2.05) is 40.9 Å². The van der Waals surface area contributed by atoms with Crippen LogP contribution in [0.5, 0.6) is 5.75 Å². The molecule has 2 fully saturated rings. The first kappa shape index (κ1) is 39.2. The highest BCUT2D eigenvalue weighted by molar-refractivity contribution is 7.79. The standard InChI is InChI=1S/C43H44F2N8O4S/c1-57-37-27-29(28-14-22-52(23-15-28)32-16-20-51(21-17-32)24-25-58(55)56)11-12-35(37)47-43-46-18-13-36(48-43)41-39(49-38-10-2-3-19-53(38)41)30-6-4-7-31(26-30)42(54)50-40-33(44)8-5-9-34(40)45/h2-13,18-19,26-28,32H,14-17,20-25H2,1H3,(H,50,54)(H,55,56)(H,46,47,48)/p-1. The number of amides is 1. The van der Waals surface area contributed by atoms with Gasteiger partial charge in [-0.25, -0.2) is 23.7 Å². The maximum absolute atomic E-state index is 14.3. The lowest BCUT2D eigenvalue weighted by atomic mass is 9.87. The third kappa shape index (κ3) is 8.62. The molecule has 2 saturated heterocycles. The second kappa shape index (κ2) is 17.5. The number of aromatic nitrogens is 4. The molecule has 2 N–H and O–H groups in total. The number of nitrogens with one attached hydrogen (secondary N) is 2. The van der Waals surface area contributed by atoms with E-state index in [2.05, 4.69) is 37.6 Å². The summed E-state index contributed by atoms with van der Waals surface area (Å²) in [5.74, 6) is -0.772. The Bertz CT molecular complexity index is 2430. The topological polar surface area (TPSA) is 140 Å². The quantitative estimate of drug-likeness (QED) is 0.122. The van der Waals surface area contributed by atoms with Crippen LogP contribution in [-0.2, 0) is 11.1 Å². The number of methoxy groups -OCH3 is 1. The third-order valence-corrected chi connectivity index (χ3v) is 11.7. The summed E-state index contributed by atoms with van der Waals surface area (Å²) >= 11 is -1.99. The minimum Gasteiger partial charge on any atom is -0.772 e. The molecule has 3 aromatic heterocycles. The van der Waals surface area contributed by atoms with Crippen LogP contribution in [0.1, 0.15) is 47.5 Å². The second-order valence-corrected chi connectivity index (χ2v) is 15.6. The molecule has 0 bridgehead atoms. The van der Waals surface area contributed by atoms with Crippen molar-refractivity contribution in [1.82, 2.24) is 29.2 Å². The maximum Gasteiger partial charge on any atom is 0.255 e. The summed E-state index contributed by atoms with van der Waals surface area (Å²) in [6.07, 6.45) is 7.79. The van der Waals surface area contributed by atoms with Crippen molar-refractivity contribution in [3.8, 4) is 28.4 Å². The summed E-state index contributed by atoms with van der Waals surface area (Å²) in [6, 6.07) is 24.3. The minimum absolute atomic E-state index is 0.195. The van der Waals surface area contributed by atoms with Gasteiger partial charge in [-0.05, 0) is 118 Å². The van der Waals surface area contributed by atoms with Gasteiger partial charge in [-0.3, -0.25) is 13.4 Å². The van der Waals surface area contributed by atoms with E-state index in [0.717, 1.165) is 69.7 Å². The Hall–Kier alpha value is -5.61. The zero-order valence-electron chi connectivity index (χ0n) is 31.9. The highest BCUT2D eigenvalue weighted by Crippen LogP contribution is 2.37. The number of carbonyl (C=O) groups is 1. The zero-order chi connectivity index (χ0) is 40.2. The van der Waals surface area contributed by atoms with Gasteiger partial charge in [0.25, 0.3) is 5.91 Å². The summed E-state index contributed by atoms with van der Waals surface area (Å²) in [5.41, 5.74) is 4.67. The van der Waals surface area contributed by atoms with Crippen molar-refractivity contribution >= 4 is 40.0 Å². The van der Waals surface area contributed by atoms with Gasteiger partial charge in [0.05, 0.1) is 29.9 Å². The van der Waals surface area contributed by atoms with E-state index < -0.39 is 34.3 Å². The Morgan fingerprint density at radius 1 is 0.914 bits per heavy atom.